The van der Waals surface area contributed by atoms with Crippen LogP contribution in [0.3, 0.4) is 0 Å². The molecule has 0 amide bonds. The lowest BCUT2D eigenvalue weighted by Crippen LogP contribution is -2.59. The molecule has 15 heavy (non-hydrogen) atoms. The van der Waals surface area contributed by atoms with E-state index in [2.05, 4.69) is 0 Å². The van der Waals surface area contributed by atoms with Gasteiger partial charge in [0.05, 0.1) is 6.61 Å². The molecule has 1 aromatic carbocycles. The summed E-state index contributed by atoms with van der Waals surface area (Å²) in [6.07, 6.45) is -0.433. The van der Waals surface area contributed by atoms with E-state index in [1.165, 1.54) is 0 Å². The maximum absolute atomic E-state index is 11.1. The first-order valence-electron chi connectivity index (χ1n) is 4.98. The van der Waals surface area contributed by atoms with Gasteiger partial charge in [0.25, 0.3) is 0 Å². The molecule has 1 aromatic rings. The average Bonchev–Trinajstić information content (AvgIpc) is 2.18. The molecule has 1 aliphatic rings. The first-order valence-corrected chi connectivity index (χ1v) is 4.98. The maximum Gasteiger partial charge on any atom is 0.340 e. The first kappa shape index (κ1) is 10.2. The summed E-state index contributed by atoms with van der Waals surface area (Å²) in [5.41, 5.74) is 0.583. The van der Waals surface area contributed by atoms with Gasteiger partial charge < -0.3 is 9.47 Å². The van der Waals surface area contributed by atoms with E-state index in [1.807, 2.05) is 44.2 Å². The second kappa shape index (κ2) is 3.66. The molecule has 1 atom stereocenters. The van der Waals surface area contributed by atoms with Gasteiger partial charge >= 0.3 is 5.97 Å². The lowest BCUT2D eigenvalue weighted by atomic mass is 9.95. The van der Waals surface area contributed by atoms with Gasteiger partial charge in [0.1, 0.15) is 5.60 Å². The summed E-state index contributed by atoms with van der Waals surface area (Å²) >= 11 is 0. The van der Waals surface area contributed by atoms with Gasteiger partial charge in [-0.2, -0.15) is 0 Å². The molecule has 1 aliphatic heterocycles. The molecule has 0 bridgehead atoms. The van der Waals surface area contributed by atoms with Gasteiger partial charge in [-0.15, -0.1) is 0 Å². The highest BCUT2D eigenvalue weighted by Gasteiger charge is 2.50. The highest BCUT2D eigenvalue weighted by atomic mass is 16.6. The zero-order valence-electron chi connectivity index (χ0n) is 8.90. The molecule has 0 spiro atoms. The van der Waals surface area contributed by atoms with Crippen LogP contribution in [0.5, 0.6) is 0 Å². The van der Waals surface area contributed by atoms with Crippen molar-refractivity contribution in [1.82, 2.24) is 0 Å². The Labute approximate surface area is 89.0 Å². The number of rotatable bonds is 3. The smallest absolute Gasteiger partial charge is 0.340 e. The quantitative estimate of drug-likeness (QED) is 0.709. The number of hydrogen-bond acceptors (Lipinski definition) is 3. The number of cyclic esters (lactones) is 1. The van der Waals surface area contributed by atoms with Crippen molar-refractivity contribution < 1.29 is 14.3 Å². The minimum atomic E-state index is -0.480. The molecule has 1 fully saturated rings. The lowest BCUT2D eigenvalue weighted by Gasteiger charge is -2.41. The van der Waals surface area contributed by atoms with Gasteiger partial charge in [0.15, 0.2) is 6.10 Å². The van der Waals surface area contributed by atoms with Crippen LogP contribution >= 0.6 is 0 Å². The van der Waals surface area contributed by atoms with E-state index in [4.69, 9.17) is 9.47 Å². The van der Waals surface area contributed by atoms with Gasteiger partial charge in [-0.1, -0.05) is 30.3 Å². The van der Waals surface area contributed by atoms with Crippen LogP contribution in [0.2, 0.25) is 0 Å². The topological polar surface area (TPSA) is 35.5 Å². The lowest BCUT2D eigenvalue weighted by molar-refractivity contribution is -0.232. The normalized spacial score (nSPS) is 23.1. The van der Waals surface area contributed by atoms with Crippen LogP contribution in [-0.2, 0) is 20.9 Å². The van der Waals surface area contributed by atoms with Crippen LogP contribution in [0, 0.1) is 0 Å². The monoisotopic (exact) mass is 206 g/mol. The van der Waals surface area contributed by atoms with Gasteiger partial charge in [-0.05, 0) is 19.4 Å². The Morgan fingerprint density at radius 1 is 1.33 bits per heavy atom. The summed E-state index contributed by atoms with van der Waals surface area (Å²) in [4.78, 5) is 11.1. The van der Waals surface area contributed by atoms with Gasteiger partial charge in [0.2, 0.25) is 0 Å². The largest absolute Gasteiger partial charge is 0.454 e. The van der Waals surface area contributed by atoms with Gasteiger partial charge in [0, 0.05) is 0 Å². The zero-order chi connectivity index (χ0) is 10.9. The second-order valence-corrected chi connectivity index (χ2v) is 4.20. The second-order valence-electron chi connectivity index (χ2n) is 4.20. The van der Waals surface area contributed by atoms with Crippen molar-refractivity contribution in [3.8, 4) is 0 Å². The van der Waals surface area contributed by atoms with E-state index in [-0.39, 0.29) is 5.97 Å². The number of ether oxygens (including phenoxy) is 2. The Hall–Kier alpha value is -1.35. The molecule has 0 aromatic heterocycles. The van der Waals surface area contributed by atoms with Crippen LogP contribution in [0.1, 0.15) is 19.4 Å². The van der Waals surface area contributed by atoms with Crippen molar-refractivity contribution in [3.05, 3.63) is 35.9 Å². The van der Waals surface area contributed by atoms with Gasteiger partial charge in [-0.3, -0.25) is 0 Å². The van der Waals surface area contributed by atoms with Crippen LogP contribution in [0.25, 0.3) is 0 Å². The van der Waals surface area contributed by atoms with Crippen molar-refractivity contribution in [2.24, 2.45) is 0 Å². The first-order chi connectivity index (χ1) is 7.09. The molecule has 80 valence electrons. The summed E-state index contributed by atoms with van der Waals surface area (Å²) in [6.45, 7) is 4.15. The van der Waals surface area contributed by atoms with E-state index in [0.717, 1.165) is 5.56 Å². The fraction of sp³-hybridized carbons (Fsp3) is 0.417. The van der Waals surface area contributed by atoms with E-state index < -0.39 is 11.7 Å². The molecule has 3 nitrogen and oxygen atoms in total. The zero-order valence-corrected chi connectivity index (χ0v) is 8.90. The van der Waals surface area contributed by atoms with Crippen LogP contribution in [0.4, 0.5) is 0 Å². The summed E-state index contributed by atoms with van der Waals surface area (Å²) in [7, 11) is 0. The van der Waals surface area contributed by atoms with E-state index in [0.29, 0.717) is 6.61 Å². The standard InChI is InChI=1S/C12H14O3/c1-12(2)10(11(13)15-12)14-8-9-6-4-3-5-7-9/h3-7,10H,8H2,1-2H3. The maximum atomic E-state index is 11.1. The van der Waals surface area contributed by atoms with E-state index >= 15 is 0 Å². The SMILES string of the molecule is CC1(C)OC(=O)C1OCc1ccccc1. The summed E-state index contributed by atoms with van der Waals surface area (Å²) in [5, 5.41) is 0. The molecule has 0 saturated carbocycles. The third kappa shape index (κ3) is 2.02. The molecule has 1 saturated heterocycles. The Kier molecular flexibility index (Phi) is 2.49. The van der Waals surface area contributed by atoms with Crippen molar-refractivity contribution in [2.75, 3.05) is 0 Å². The van der Waals surface area contributed by atoms with Crippen molar-refractivity contribution in [2.45, 2.75) is 32.2 Å². The fourth-order valence-electron chi connectivity index (χ4n) is 1.61. The number of carbonyl (C=O) groups is 1. The number of hydrogen-bond donors (Lipinski definition) is 0. The molecule has 3 heteroatoms. The van der Waals surface area contributed by atoms with E-state index in [9.17, 15) is 4.79 Å². The number of esters is 1. The van der Waals surface area contributed by atoms with Crippen molar-refractivity contribution in [3.63, 3.8) is 0 Å². The van der Waals surface area contributed by atoms with Crippen LogP contribution in [-0.4, -0.2) is 17.7 Å². The Morgan fingerprint density at radius 3 is 2.53 bits per heavy atom. The van der Waals surface area contributed by atoms with Crippen LogP contribution < -0.4 is 0 Å². The molecule has 0 aliphatic carbocycles. The molecule has 1 unspecified atom stereocenters. The molecular weight excluding hydrogens is 192 g/mol. The summed E-state index contributed by atoms with van der Waals surface area (Å²) in [6, 6.07) is 9.78. The Morgan fingerprint density at radius 2 is 2.00 bits per heavy atom. The average molecular weight is 206 g/mol. The molecule has 1 heterocycles. The fourth-order valence-corrected chi connectivity index (χ4v) is 1.61. The number of benzene rings is 1. The molecule has 0 radical (unpaired) electrons. The summed E-state index contributed by atoms with van der Waals surface area (Å²) in [5.74, 6) is -0.268. The molecule has 0 N–H and O–H groups in total. The molecular formula is C12H14O3. The van der Waals surface area contributed by atoms with E-state index in [1.54, 1.807) is 0 Å². The van der Waals surface area contributed by atoms with Crippen LogP contribution in [0.15, 0.2) is 30.3 Å². The van der Waals surface area contributed by atoms with Gasteiger partial charge in [-0.25, -0.2) is 4.79 Å². The minimum Gasteiger partial charge on any atom is -0.454 e. The third-order valence-corrected chi connectivity index (χ3v) is 2.47. The highest BCUT2D eigenvalue weighted by molar-refractivity contribution is 5.82. The molecule has 2 rings (SSSR count). The minimum absolute atomic E-state index is 0.268. The highest BCUT2D eigenvalue weighted by Crippen LogP contribution is 2.30. The predicted molar refractivity (Wildman–Crippen MR) is 55.2 cm³/mol. The Balaban J connectivity index is 1.92. The number of carbonyl (C=O) groups excluding carboxylic acids is 1. The Bertz CT molecular complexity index is 356. The predicted octanol–water partition coefficient (Wildman–Crippen LogP) is 1.91. The van der Waals surface area contributed by atoms with Crippen molar-refractivity contribution in [1.29, 1.82) is 0 Å². The van der Waals surface area contributed by atoms with Crippen molar-refractivity contribution >= 4 is 5.97 Å². The third-order valence-electron chi connectivity index (χ3n) is 2.47. The summed E-state index contributed by atoms with van der Waals surface area (Å²) < 4.78 is 10.5.